The van der Waals surface area contributed by atoms with Gasteiger partial charge in [-0.1, -0.05) is 0 Å². The third-order valence-electron chi connectivity index (χ3n) is 0.640. The zero-order valence-electron chi connectivity index (χ0n) is 3.72. The minimum absolute atomic E-state index is 1.07. The monoisotopic (exact) mass is 113 g/mol. The Hall–Kier alpha value is -0.440. The van der Waals surface area contributed by atoms with Gasteiger partial charge in [0.05, 0.1) is 6.20 Å². The van der Waals surface area contributed by atoms with E-state index in [-0.39, 0.29) is 0 Å². The van der Waals surface area contributed by atoms with E-state index in [0.29, 0.717) is 0 Å². The first kappa shape index (κ1) is 4.71. The van der Waals surface area contributed by atoms with E-state index in [1.165, 1.54) is 11.8 Å². The topological polar surface area (TPSA) is 28.7 Å². The maximum atomic E-state index is 3.71. The molecule has 0 aliphatic rings. The maximum Gasteiger partial charge on any atom is 0.0623 e. The van der Waals surface area contributed by atoms with Crippen LogP contribution in [0.15, 0.2) is 17.3 Å². The molecule has 1 radical (unpaired) electrons. The molecule has 37 valence electrons. The number of aromatic amines is 1. The van der Waals surface area contributed by atoms with Crippen LogP contribution in [-0.4, -0.2) is 10.2 Å². The molecule has 0 saturated heterocycles. The molecule has 0 aromatic carbocycles. The maximum absolute atomic E-state index is 3.71. The van der Waals surface area contributed by atoms with Crippen molar-refractivity contribution in [1.82, 2.24) is 10.2 Å². The number of aromatic nitrogens is 2. The average Bonchev–Trinajstić information content (AvgIpc) is 2.14. The summed E-state index contributed by atoms with van der Waals surface area (Å²) in [4.78, 5) is 1.07. The van der Waals surface area contributed by atoms with E-state index in [1.807, 2.05) is 0 Å². The van der Waals surface area contributed by atoms with Crippen LogP contribution in [0.1, 0.15) is 0 Å². The van der Waals surface area contributed by atoms with E-state index < -0.39 is 0 Å². The van der Waals surface area contributed by atoms with E-state index in [2.05, 4.69) is 16.5 Å². The van der Waals surface area contributed by atoms with Gasteiger partial charge in [-0.25, -0.2) is 0 Å². The third kappa shape index (κ3) is 0.962. The fourth-order valence-corrected chi connectivity index (χ4v) is 0.581. The van der Waals surface area contributed by atoms with Crippen molar-refractivity contribution in [2.24, 2.45) is 0 Å². The highest BCUT2D eigenvalue weighted by molar-refractivity contribution is 8.00. The van der Waals surface area contributed by atoms with Crippen molar-refractivity contribution in [1.29, 1.82) is 0 Å². The first-order valence-corrected chi connectivity index (χ1v) is 2.83. The second-order valence-electron chi connectivity index (χ2n) is 1.08. The van der Waals surface area contributed by atoms with E-state index in [1.54, 1.807) is 12.4 Å². The summed E-state index contributed by atoms with van der Waals surface area (Å²) in [6.07, 6.45) is 7.12. The van der Waals surface area contributed by atoms with Crippen LogP contribution >= 0.6 is 11.8 Å². The normalized spacial score (nSPS) is 9.29. The molecule has 1 aromatic rings. The number of rotatable bonds is 1. The van der Waals surface area contributed by atoms with Crippen LogP contribution in [0.2, 0.25) is 0 Å². The van der Waals surface area contributed by atoms with Gasteiger partial charge in [0.2, 0.25) is 0 Å². The van der Waals surface area contributed by atoms with Gasteiger partial charge in [-0.2, -0.15) is 5.10 Å². The Labute approximate surface area is 46.3 Å². The highest BCUT2D eigenvalue weighted by Crippen LogP contribution is 2.11. The highest BCUT2D eigenvalue weighted by atomic mass is 32.2. The predicted octanol–water partition coefficient (Wildman–Crippen LogP) is 1.29. The molecular formula is C4H5N2S. The Balaban J connectivity index is 2.76. The van der Waals surface area contributed by atoms with Crippen molar-refractivity contribution < 1.29 is 0 Å². The Morgan fingerprint density at radius 1 is 1.86 bits per heavy atom. The van der Waals surface area contributed by atoms with Crippen molar-refractivity contribution in [2.45, 2.75) is 4.90 Å². The lowest BCUT2D eigenvalue weighted by molar-refractivity contribution is 1.09. The molecule has 1 rings (SSSR count). The molecule has 0 fully saturated rings. The van der Waals surface area contributed by atoms with Crippen LogP contribution in [0.4, 0.5) is 0 Å². The van der Waals surface area contributed by atoms with Crippen LogP contribution in [0, 0.1) is 6.26 Å². The quantitative estimate of drug-likeness (QED) is 0.556. The zero-order chi connectivity index (χ0) is 5.11. The van der Waals surface area contributed by atoms with Gasteiger partial charge in [-0.3, -0.25) is 5.10 Å². The molecule has 0 amide bonds. The fourth-order valence-electron chi connectivity index (χ4n) is 0.318. The number of hydrogen-bond donors (Lipinski definition) is 1. The van der Waals surface area contributed by atoms with Gasteiger partial charge >= 0.3 is 0 Å². The predicted molar refractivity (Wildman–Crippen MR) is 29.8 cm³/mol. The SMILES string of the molecule is [CH2]Sc1cn[nH]c1. The minimum atomic E-state index is 1.07. The molecule has 0 aliphatic heterocycles. The number of H-pyrrole nitrogens is 1. The van der Waals surface area contributed by atoms with Crippen LogP contribution in [0.5, 0.6) is 0 Å². The average molecular weight is 113 g/mol. The number of nitrogens with one attached hydrogen (secondary N) is 1. The highest BCUT2D eigenvalue weighted by Gasteiger charge is 1.83. The third-order valence-corrected chi connectivity index (χ3v) is 1.20. The lowest BCUT2D eigenvalue weighted by Gasteiger charge is -1.76. The van der Waals surface area contributed by atoms with E-state index in [0.717, 1.165) is 4.90 Å². The summed E-state index contributed by atoms with van der Waals surface area (Å²) in [5.41, 5.74) is 0. The molecule has 0 bridgehead atoms. The Morgan fingerprint density at radius 3 is 3.00 bits per heavy atom. The largest absolute Gasteiger partial charge is 0.285 e. The molecule has 0 spiro atoms. The summed E-state index contributed by atoms with van der Waals surface area (Å²) < 4.78 is 0. The van der Waals surface area contributed by atoms with E-state index in [9.17, 15) is 0 Å². The Kier molecular flexibility index (Phi) is 1.36. The molecular weight excluding hydrogens is 108 g/mol. The number of nitrogens with zero attached hydrogens (tertiary/aromatic N) is 1. The van der Waals surface area contributed by atoms with Gasteiger partial charge in [0, 0.05) is 17.3 Å². The molecule has 1 heterocycles. The molecule has 1 aromatic heterocycles. The van der Waals surface area contributed by atoms with Crippen LogP contribution in [0.25, 0.3) is 0 Å². The van der Waals surface area contributed by atoms with Crippen LogP contribution < -0.4 is 0 Å². The molecule has 7 heavy (non-hydrogen) atoms. The van der Waals surface area contributed by atoms with Crippen molar-refractivity contribution in [3.8, 4) is 0 Å². The van der Waals surface area contributed by atoms with Crippen molar-refractivity contribution in [3.05, 3.63) is 18.6 Å². The van der Waals surface area contributed by atoms with E-state index >= 15 is 0 Å². The van der Waals surface area contributed by atoms with Crippen molar-refractivity contribution in [2.75, 3.05) is 0 Å². The standard InChI is InChI=1S/C4H5N2S/c1-7-4-2-5-6-3-4/h2-3H,1H2,(H,5,6). The summed E-state index contributed by atoms with van der Waals surface area (Å²) in [6, 6.07) is 0. The van der Waals surface area contributed by atoms with Gasteiger partial charge in [0.15, 0.2) is 0 Å². The lowest BCUT2D eigenvalue weighted by Crippen LogP contribution is -1.53. The molecule has 1 N–H and O–H groups in total. The molecule has 0 aliphatic carbocycles. The summed E-state index contributed by atoms with van der Waals surface area (Å²) in [5.74, 6) is 0. The first-order valence-electron chi connectivity index (χ1n) is 1.84. The zero-order valence-corrected chi connectivity index (χ0v) is 4.53. The van der Waals surface area contributed by atoms with Gasteiger partial charge in [-0.15, -0.1) is 11.8 Å². The van der Waals surface area contributed by atoms with Crippen LogP contribution in [-0.2, 0) is 0 Å². The van der Waals surface area contributed by atoms with Gasteiger partial charge in [0.25, 0.3) is 0 Å². The molecule has 2 nitrogen and oxygen atoms in total. The summed E-state index contributed by atoms with van der Waals surface area (Å²) in [5, 5.41) is 6.38. The molecule has 0 atom stereocenters. The second kappa shape index (κ2) is 2.02. The Morgan fingerprint density at radius 2 is 2.71 bits per heavy atom. The first-order chi connectivity index (χ1) is 3.43. The van der Waals surface area contributed by atoms with Crippen molar-refractivity contribution >= 4 is 11.8 Å². The summed E-state index contributed by atoms with van der Waals surface area (Å²) >= 11 is 1.43. The molecule has 3 heteroatoms. The van der Waals surface area contributed by atoms with Gasteiger partial charge in [0.1, 0.15) is 0 Å². The number of hydrogen-bond acceptors (Lipinski definition) is 2. The Bertz CT molecular complexity index is 124. The summed E-state index contributed by atoms with van der Waals surface area (Å²) in [7, 11) is 0. The van der Waals surface area contributed by atoms with Gasteiger partial charge < -0.3 is 0 Å². The van der Waals surface area contributed by atoms with Crippen LogP contribution in [0.3, 0.4) is 0 Å². The lowest BCUT2D eigenvalue weighted by atomic mass is 10.7. The van der Waals surface area contributed by atoms with Gasteiger partial charge in [-0.05, 0) is 0 Å². The summed E-state index contributed by atoms with van der Waals surface area (Å²) in [6.45, 7) is 0. The van der Waals surface area contributed by atoms with Crippen molar-refractivity contribution in [3.63, 3.8) is 0 Å². The number of thioether (sulfide) groups is 1. The van der Waals surface area contributed by atoms with E-state index in [4.69, 9.17) is 0 Å². The smallest absolute Gasteiger partial charge is 0.0623 e. The molecule has 0 saturated carbocycles. The molecule has 0 unspecified atom stereocenters. The second-order valence-corrected chi connectivity index (χ2v) is 1.84. The minimum Gasteiger partial charge on any atom is -0.285 e. The fraction of sp³-hybridized carbons (Fsp3) is 0.